The number of aliphatic hydroxyl groups excluding tert-OH is 11. The second-order valence-electron chi connectivity index (χ2n) is 23.2. The van der Waals surface area contributed by atoms with E-state index in [4.69, 9.17) is 28.4 Å². The molecule has 0 spiro atoms. The number of carbonyl (C=O) groups excluding carboxylic acids is 1. The first-order chi connectivity index (χ1) is 39.8. The minimum Gasteiger partial charge on any atom is -0.394 e. The lowest BCUT2D eigenvalue weighted by Crippen LogP contribution is -2.66. The predicted molar refractivity (Wildman–Crippen MR) is 314 cm³/mol. The van der Waals surface area contributed by atoms with Gasteiger partial charge in [-0.25, -0.2) is 0 Å². The number of ether oxygens (including phenoxy) is 6. The molecule has 3 heterocycles. The number of rotatable bonds is 48. The molecule has 480 valence electrons. The van der Waals surface area contributed by atoms with E-state index in [0.29, 0.717) is 12.8 Å². The van der Waals surface area contributed by atoms with Crippen molar-refractivity contribution in [3.05, 3.63) is 36.5 Å². The summed E-state index contributed by atoms with van der Waals surface area (Å²) in [4.78, 5) is 13.4. The lowest BCUT2D eigenvalue weighted by Gasteiger charge is -2.48. The molecule has 19 heteroatoms. The molecular formula is C63H115NO18. The van der Waals surface area contributed by atoms with Gasteiger partial charge in [0.15, 0.2) is 18.9 Å². The first-order valence-electron chi connectivity index (χ1n) is 32.2. The molecular weight excluding hydrogens is 1060 g/mol. The number of unbranched alkanes of at least 4 members (excludes halogenated alkanes) is 26. The molecule has 3 saturated heterocycles. The number of hydrogen-bond acceptors (Lipinski definition) is 18. The molecule has 1 amide bonds. The topological polar surface area (TPSA) is 307 Å². The van der Waals surface area contributed by atoms with E-state index in [1.807, 2.05) is 0 Å². The smallest absolute Gasteiger partial charge is 0.220 e. The number of amides is 1. The molecule has 0 aliphatic carbocycles. The van der Waals surface area contributed by atoms with Gasteiger partial charge in [-0.3, -0.25) is 4.79 Å². The highest BCUT2D eigenvalue weighted by Gasteiger charge is 2.53. The van der Waals surface area contributed by atoms with Gasteiger partial charge in [-0.05, 0) is 44.9 Å². The quantitative estimate of drug-likeness (QED) is 0.0218. The Morgan fingerprint density at radius 1 is 0.451 bits per heavy atom. The summed E-state index contributed by atoms with van der Waals surface area (Å²) in [6.07, 6.45) is 23.7. The zero-order valence-corrected chi connectivity index (χ0v) is 50.2. The second kappa shape index (κ2) is 46.2. The maximum atomic E-state index is 13.4. The number of hydrogen-bond donors (Lipinski definition) is 12. The molecule has 17 atom stereocenters. The van der Waals surface area contributed by atoms with Crippen LogP contribution in [0.25, 0.3) is 0 Å². The van der Waals surface area contributed by atoms with Gasteiger partial charge in [0.05, 0.1) is 38.6 Å². The molecule has 3 fully saturated rings. The summed E-state index contributed by atoms with van der Waals surface area (Å²) in [5.74, 6) is -0.259. The molecule has 0 aromatic heterocycles. The van der Waals surface area contributed by atoms with Crippen LogP contribution in [0.15, 0.2) is 36.5 Å². The second-order valence-corrected chi connectivity index (χ2v) is 23.2. The Morgan fingerprint density at radius 2 is 0.841 bits per heavy atom. The van der Waals surface area contributed by atoms with Gasteiger partial charge in [0, 0.05) is 6.42 Å². The third-order valence-corrected chi connectivity index (χ3v) is 16.2. The summed E-state index contributed by atoms with van der Waals surface area (Å²) in [6.45, 7) is 1.68. The van der Waals surface area contributed by atoms with E-state index in [1.54, 1.807) is 0 Å². The van der Waals surface area contributed by atoms with Gasteiger partial charge in [-0.1, -0.05) is 211 Å². The van der Waals surface area contributed by atoms with E-state index in [2.05, 4.69) is 55.6 Å². The highest BCUT2D eigenvalue weighted by molar-refractivity contribution is 5.76. The van der Waals surface area contributed by atoms with Gasteiger partial charge in [0.1, 0.15) is 73.2 Å². The minimum absolute atomic E-state index is 0.247. The lowest BCUT2D eigenvalue weighted by atomic mass is 9.96. The van der Waals surface area contributed by atoms with E-state index in [1.165, 1.54) is 116 Å². The van der Waals surface area contributed by atoms with Crippen molar-refractivity contribution < 1.29 is 89.4 Å². The van der Waals surface area contributed by atoms with Gasteiger partial charge in [-0.2, -0.15) is 0 Å². The first-order valence-corrected chi connectivity index (χ1v) is 32.2. The van der Waals surface area contributed by atoms with Crippen LogP contribution in [-0.2, 0) is 33.2 Å². The molecule has 0 aromatic carbocycles. The Kier molecular flexibility index (Phi) is 41.8. The molecule has 0 aromatic rings. The number of nitrogens with one attached hydrogen (secondary N) is 1. The van der Waals surface area contributed by atoms with Crippen LogP contribution in [0.3, 0.4) is 0 Å². The fourth-order valence-corrected chi connectivity index (χ4v) is 11.0. The van der Waals surface area contributed by atoms with Crippen molar-refractivity contribution in [3.63, 3.8) is 0 Å². The van der Waals surface area contributed by atoms with Gasteiger partial charge in [0.2, 0.25) is 5.91 Å². The maximum Gasteiger partial charge on any atom is 0.220 e. The first kappa shape index (κ1) is 74.3. The monoisotopic (exact) mass is 1170 g/mol. The van der Waals surface area contributed by atoms with Crippen LogP contribution in [0.4, 0.5) is 0 Å². The normalized spacial score (nSPS) is 29.8. The average Bonchev–Trinajstić information content (AvgIpc) is 3.40. The molecule has 0 radical (unpaired) electrons. The number of aliphatic hydroxyl groups is 11. The zero-order valence-electron chi connectivity index (χ0n) is 50.2. The standard InChI is InChI=1S/C63H115NO18/c1-3-5-7-9-11-13-15-17-19-20-21-22-23-24-25-27-28-30-32-34-36-38-40-47(68)46(64-51(69)41-39-37-35-33-31-29-26-18-16-14-12-10-8-6-4-2)45-77-61-57(75)54(72)59(49(43-66)79-61)82-63-58(76)55(73)60(50(44-67)80-63)81-62-56(74)53(71)52(70)48(42-65)78-62/h6,8,12,14,18,26,46-50,52-63,65-68,70-76H,3-5,7,9-11,13,15-17,19-25,27-45H2,1-2H3,(H,64,69)/b8-6-,14-12-,26-18-. The molecule has 3 aliphatic heterocycles. The van der Waals surface area contributed by atoms with Gasteiger partial charge < -0.3 is 89.9 Å². The number of carbonyl (C=O) groups is 1. The lowest BCUT2D eigenvalue weighted by molar-refractivity contribution is -0.379. The summed E-state index contributed by atoms with van der Waals surface area (Å²) in [5.41, 5.74) is 0. The van der Waals surface area contributed by atoms with Crippen molar-refractivity contribution in [2.24, 2.45) is 0 Å². The highest BCUT2D eigenvalue weighted by Crippen LogP contribution is 2.33. The van der Waals surface area contributed by atoms with E-state index in [9.17, 15) is 61.0 Å². The van der Waals surface area contributed by atoms with Crippen molar-refractivity contribution in [3.8, 4) is 0 Å². The molecule has 0 bridgehead atoms. The minimum atomic E-state index is -1.97. The molecule has 0 saturated carbocycles. The fraction of sp³-hybridized carbons (Fsp3) is 0.889. The SMILES string of the molecule is CC/C=C\C/C=C\C/C=C\CCCCCCCC(=O)NC(COC1OC(CO)C(OC2OC(CO)C(OC3OC(CO)C(O)C(O)C3O)C(O)C2O)C(O)C1O)C(O)CCCCCCCCCCCCCCCCCCCCCCCC. The van der Waals surface area contributed by atoms with E-state index in [0.717, 1.165) is 77.0 Å². The Bertz CT molecular complexity index is 1640. The van der Waals surface area contributed by atoms with Crippen LogP contribution in [0.2, 0.25) is 0 Å². The van der Waals surface area contributed by atoms with E-state index >= 15 is 0 Å². The van der Waals surface area contributed by atoms with E-state index < -0.39 is 124 Å². The van der Waals surface area contributed by atoms with Crippen LogP contribution in [-0.4, -0.2) is 193 Å². The molecule has 12 N–H and O–H groups in total. The molecule has 3 rings (SSSR count). The summed E-state index contributed by atoms with van der Waals surface area (Å²) in [5, 5.41) is 120. The van der Waals surface area contributed by atoms with Crippen molar-refractivity contribution >= 4 is 5.91 Å². The summed E-state index contributed by atoms with van der Waals surface area (Å²) < 4.78 is 34.3. The Balaban J connectivity index is 1.46. The third-order valence-electron chi connectivity index (χ3n) is 16.2. The van der Waals surface area contributed by atoms with Crippen molar-refractivity contribution in [1.82, 2.24) is 5.32 Å². The molecule has 82 heavy (non-hydrogen) atoms. The summed E-state index contributed by atoms with van der Waals surface area (Å²) in [6, 6.07) is -0.896. The maximum absolute atomic E-state index is 13.4. The Labute approximate surface area is 491 Å². The number of allylic oxidation sites excluding steroid dienone is 6. The van der Waals surface area contributed by atoms with E-state index in [-0.39, 0.29) is 18.9 Å². The van der Waals surface area contributed by atoms with Crippen molar-refractivity contribution in [1.29, 1.82) is 0 Å². The summed E-state index contributed by atoms with van der Waals surface area (Å²) >= 11 is 0. The van der Waals surface area contributed by atoms with Gasteiger partial charge in [-0.15, -0.1) is 0 Å². The molecule has 3 aliphatic rings. The van der Waals surface area contributed by atoms with Crippen LogP contribution in [0.1, 0.15) is 226 Å². The van der Waals surface area contributed by atoms with Gasteiger partial charge >= 0.3 is 0 Å². The zero-order chi connectivity index (χ0) is 59.7. The van der Waals surface area contributed by atoms with Crippen molar-refractivity contribution in [2.75, 3.05) is 26.4 Å². The Morgan fingerprint density at radius 3 is 1.32 bits per heavy atom. The predicted octanol–water partition coefficient (Wildman–Crippen LogP) is 6.88. The highest BCUT2D eigenvalue weighted by atomic mass is 16.8. The van der Waals surface area contributed by atoms with Crippen LogP contribution >= 0.6 is 0 Å². The third kappa shape index (κ3) is 29.1. The van der Waals surface area contributed by atoms with Gasteiger partial charge in [0.25, 0.3) is 0 Å². The average molecular weight is 1170 g/mol. The molecule has 17 unspecified atom stereocenters. The van der Waals surface area contributed by atoms with Crippen molar-refractivity contribution in [2.45, 2.75) is 330 Å². The fourth-order valence-electron chi connectivity index (χ4n) is 11.0. The van der Waals surface area contributed by atoms with Crippen LogP contribution < -0.4 is 5.32 Å². The summed E-state index contributed by atoms with van der Waals surface area (Å²) in [7, 11) is 0. The molecule has 19 nitrogen and oxygen atoms in total. The Hall–Kier alpha value is -1.99. The van der Waals surface area contributed by atoms with Crippen LogP contribution in [0, 0.1) is 0 Å². The largest absolute Gasteiger partial charge is 0.394 e. The van der Waals surface area contributed by atoms with Crippen LogP contribution in [0.5, 0.6) is 0 Å².